The Hall–Kier alpha value is -2.21. The Kier molecular flexibility index (Phi) is 3.70. The van der Waals surface area contributed by atoms with Crippen molar-refractivity contribution in [2.24, 2.45) is 0 Å². The van der Waals surface area contributed by atoms with Crippen LogP contribution in [0.3, 0.4) is 0 Å². The van der Waals surface area contributed by atoms with Crippen LogP contribution >= 0.6 is 0 Å². The molecule has 1 saturated heterocycles. The van der Waals surface area contributed by atoms with Gasteiger partial charge in [0.2, 0.25) is 5.91 Å². The number of carbonyl (C=O) groups is 1. The van der Waals surface area contributed by atoms with Gasteiger partial charge in [0.05, 0.1) is 0 Å². The van der Waals surface area contributed by atoms with E-state index < -0.39 is 15.5 Å². The Bertz CT molecular complexity index is 805. The van der Waals surface area contributed by atoms with E-state index in [4.69, 9.17) is 0 Å². The maximum Gasteiger partial charge on any atom is 0.307 e. The molecular formula is C16H14FNO3S. The molecule has 1 amide bonds. The monoisotopic (exact) mass is 319 g/mol. The zero-order valence-corrected chi connectivity index (χ0v) is 12.5. The number of hydrogen-bond donors (Lipinski definition) is 0. The zero-order chi connectivity index (χ0) is 15.7. The summed E-state index contributed by atoms with van der Waals surface area (Å²) < 4.78 is 35.1. The van der Waals surface area contributed by atoms with Gasteiger partial charge in [-0.3, -0.25) is 4.79 Å². The zero-order valence-electron chi connectivity index (χ0n) is 11.6. The van der Waals surface area contributed by atoms with Crippen LogP contribution in [0.2, 0.25) is 0 Å². The summed E-state index contributed by atoms with van der Waals surface area (Å²) in [4.78, 5) is 13.3. The second-order valence-electron chi connectivity index (χ2n) is 5.22. The van der Waals surface area contributed by atoms with Crippen molar-refractivity contribution < 1.29 is 17.1 Å². The predicted octanol–water partition coefficient (Wildman–Crippen LogP) is 2.76. The van der Waals surface area contributed by atoms with Gasteiger partial charge in [-0.05, 0) is 23.3 Å². The Morgan fingerprint density at radius 2 is 1.68 bits per heavy atom. The molecule has 6 heteroatoms. The van der Waals surface area contributed by atoms with Crippen LogP contribution in [-0.4, -0.2) is 26.1 Å². The van der Waals surface area contributed by atoms with Crippen LogP contribution in [0.1, 0.15) is 6.42 Å². The Labute approximate surface area is 128 Å². The summed E-state index contributed by atoms with van der Waals surface area (Å²) in [5.74, 6) is -0.378. The molecule has 1 aliphatic rings. The van der Waals surface area contributed by atoms with E-state index in [1.807, 2.05) is 36.4 Å². The van der Waals surface area contributed by atoms with Crippen molar-refractivity contribution in [3.63, 3.8) is 0 Å². The van der Waals surface area contributed by atoms with Gasteiger partial charge in [0.1, 0.15) is 5.25 Å². The number of anilines is 1. The molecule has 1 atom stereocenters. The molecule has 114 valence electrons. The van der Waals surface area contributed by atoms with E-state index in [1.54, 1.807) is 18.2 Å². The molecule has 0 saturated carbocycles. The molecule has 0 spiro atoms. The highest BCUT2D eigenvalue weighted by Crippen LogP contribution is 2.29. The lowest BCUT2D eigenvalue weighted by atomic mass is 10.1. The van der Waals surface area contributed by atoms with Crippen molar-refractivity contribution in [2.75, 3.05) is 11.4 Å². The molecule has 2 aromatic rings. The molecule has 2 aromatic carbocycles. The van der Waals surface area contributed by atoms with Crippen LogP contribution in [0.15, 0.2) is 54.6 Å². The molecule has 0 aromatic heterocycles. The maximum absolute atomic E-state index is 13.1. The summed E-state index contributed by atoms with van der Waals surface area (Å²) in [6.07, 6.45) is -0.311. The first-order valence-electron chi connectivity index (χ1n) is 6.84. The number of carbonyl (C=O) groups excluding carboxylic acids is 1. The Balaban J connectivity index is 1.92. The van der Waals surface area contributed by atoms with E-state index in [0.717, 1.165) is 11.1 Å². The molecule has 22 heavy (non-hydrogen) atoms. The third kappa shape index (κ3) is 2.87. The first-order chi connectivity index (χ1) is 10.4. The Morgan fingerprint density at radius 1 is 1.00 bits per heavy atom. The third-order valence-corrected chi connectivity index (χ3v) is 4.86. The number of amides is 1. The van der Waals surface area contributed by atoms with Crippen LogP contribution in [0.4, 0.5) is 9.57 Å². The smallest absolute Gasteiger partial charge is 0.307 e. The van der Waals surface area contributed by atoms with Crippen LogP contribution < -0.4 is 4.90 Å². The van der Waals surface area contributed by atoms with E-state index in [2.05, 4.69) is 0 Å². The van der Waals surface area contributed by atoms with E-state index in [9.17, 15) is 17.1 Å². The fraction of sp³-hybridized carbons (Fsp3) is 0.188. The highest BCUT2D eigenvalue weighted by Gasteiger charge is 2.39. The van der Waals surface area contributed by atoms with Crippen LogP contribution in [0.5, 0.6) is 0 Å². The van der Waals surface area contributed by atoms with Crippen LogP contribution in [0, 0.1) is 0 Å². The molecule has 1 fully saturated rings. The van der Waals surface area contributed by atoms with Gasteiger partial charge in [0, 0.05) is 18.7 Å². The van der Waals surface area contributed by atoms with Gasteiger partial charge in [0.25, 0.3) is 0 Å². The van der Waals surface area contributed by atoms with E-state index in [0.29, 0.717) is 5.69 Å². The molecule has 4 nitrogen and oxygen atoms in total. The van der Waals surface area contributed by atoms with E-state index >= 15 is 0 Å². The van der Waals surface area contributed by atoms with Crippen molar-refractivity contribution in [1.82, 2.24) is 0 Å². The fourth-order valence-electron chi connectivity index (χ4n) is 2.60. The van der Waals surface area contributed by atoms with E-state index in [1.165, 1.54) is 4.90 Å². The van der Waals surface area contributed by atoms with Crippen molar-refractivity contribution in [3.05, 3.63) is 54.6 Å². The minimum Gasteiger partial charge on any atom is -0.311 e. The summed E-state index contributed by atoms with van der Waals surface area (Å²) in [6, 6.07) is 16.8. The number of hydrogen-bond acceptors (Lipinski definition) is 3. The summed E-state index contributed by atoms with van der Waals surface area (Å²) in [5, 5.41) is -1.28. The molecule has 1 heterocycles. The summed E-state index contributed by atoms with van der Waals surface area (Å²) in [6.45, 7) is -0.143. The largest absolute Gasteiger partial charge is 0.311 e. The van der Waals surface area contributed by atoms with Gasteiger partial charge in [-0.1, -0.05) is 42.5 Å². The standard InChI is InChI=1S/C16H14FNO3S/c17-22(20,21)15-10-16(19)18(11-15)14-8-4-7-13(9-14)12-5-2-1-3-6-12/h1-9,15H,10-11H2. The molecule has 1 aliphatic heterocycles. The topological polar surface area (TPSA) is 54.5 Å². The van der Waals surface area contributed by atoms with Gasteiger partial charge in [-0.15, -0.1) is 3.89 Å². The summed E-state index contributed by atoms with van der Waals surface area (Å²) in [7, 11) is -4.70. The molecule has 0 aliphatic carbocycles. The third-order valence-electron chi connectivity index (χ3n) is 3.75. The lowest BCUT2D eigenvalue weighted by molar-refractivity contribution is -0.117. The lowest BCUT2D eigenvalue weighted by Gasteiger charge is -2.17. The number of nitrogens with zero attached hydrogens (tertiary/aromatic N) is 1. The number of benzene rings is 2. The van der Waals surface area contributed by atoms with Crippen molar-refractivity contribution >= 4 is 21.8 Å². The van der Waals surface area contributed by atoms with Crippen molar-refractivity contribution in [3.8, 4) is 11.1 Å². The normalized spacial score (nSPS) is 18.7. The average Bonchev–Trinajstić information content (AvgIpc) is 2.90. The van der Waals surface area contributed by atoms with E-state index in [-0.39, 0.29) is 18.9 Å². The maximum atomic E-state index is 13.1. The van der Waals surface area contributed by atoms with Gasteiger partial charge >= 0.3 is 10.2 Å². The molecule has 0 radical (unpaired) electrons. The van der Waals surface area contributed by atoms with Crippen molar-refractivity contribution in [2.45, 2.75) is 11.7 Å². The van der Waals surface area contributed by atoms with Crippen molar-refractivity contribution in [1.29, 1.82) is 0 Å². The first kappa shape index (κ1) is 14.7. The number of halogens is 1. The summed E-state index contributed by atoms with van der Waals surface area (Å²) >= 11 is 0. The van der Waals surface area contributed by atoms with Gasteiger partial charge in [-0.2, -0.15) is 8.42 Å². The second kappa shape index (κ2) is 5.53. The average molecular weight is 319 g/mol. The minimum absolute atomic E-state index is 0.143. The molecule has 1 unspecified atom stereocenters. The predicted molar refractivity (Wildman–Crippen MR) is 82.7 cm³/mol. The summed E-state index contributed by atoms with van der Waals surface area (Å²) in [5.41, 5.74) is 2.49. The van der Waals surface area contributed by atoms with Crippen LogP contribution in [-0.2, 0) is 15.0 Å². The van der Waals surface area contributed by atoms with Crippen LogP contribution in [0.25, 0.3) is 11.1 Å². The highest BCUT2D eigenvalue weighted by atomic mass is 32.3. The fourth-order valence-corrected chi connectivity index (χ4v) is 3.27. The van der Waals surface area contributed by atoms with Gasteiger partial charge < -0.3 is 4.90 Å². The molecule has 3 rings (SSSR count). The SMILES string of the molecule is O=C1CC(S(=O)(=O)F)CN1c1cccc(-c2ccccc2)c1. The van der Waals surface area contributed by atoms with Gasteiger partial charge in [0.15, 0.2) is 0 Å². The molecule has 0 N–H and O–H groups in total. The second-order valence-corrected chi connectivity index (χ2v) is 6.84. The molecular weight excluding hydrogens is 305 g/mol. The van der Waals surface area contributed by atoms with Gasteiger partial charge in [-0.25, -0.2) is 0 Å². The quantitative estimate of drug-likeness (QED) is 0.818. The molecule has 0 bridgehead atoms. The Morgan fingerprint density at radius 3 is 2.32 bits per heavy atom. The minimum atomic E-state index is -4.70. The first-order valence-corrected chi connectivity index (χ1v) is 8.29. The lowest BCUT2D eigenvalue weighted by Crippen LogP contribution is -2.26. The highest BCUT2D eigenvalue weighted by molar-refractivity contribution is 7.87. The number of rotatable bonds is 3.